The van der Waals surface area contributed by atoms with Gasteiger partial charge < -0.3 is 0 Å². The highest BCUT2D eigenvalue weighted by Gasteiger charge is 2.17. The Balaban J connectivity index is 1.21. The van der Waals surface area contributed by atoms with Gasteiger partial charge in [-0.15, -0.1) is 0 Å². The molecule has 10 rings (SSSR count). The lowest BCUT2D eigenvalue weighted by molar-refractivity contribution is 1.43. The average Bonchev–Trinajstić information content (AvgIpc) is 3.14. The monoisotopic (exact) mass is 581 g/mol. The van der Waals surface area contributed by atoms with Gasteiger partial charge in [0.25, 0.3) is 0 Å². The average molecular weight is 582 g/mol. The van der Waals surface area contributed by atoms with Gasteiger partial charge in [-0.25, -0.2) is 4.98 Å². The molecular weight excluding hydrogens is 555 g/mol. The standard InChI is InChI=1S/C45H27N/c1-2-13-33-31(11-1)32-12-3-4-16-36(32)41-27-30(25-26-37(33)41)28-21-23-29(24-22-28)45-44-39-18-8-6-15-35(39)34-14-5-7-17-38(34)43(44)40-19-9-10-20-42(40)46-45/h1-27H. The highest BCUT2D eigenvalue weighted by atomic mass is 14.7. The fourth-order valence-electron chi connectivity index (χ4n) is 7.74. The third kappa shape index (κ3) is 3.60. The van der Waals surface area contributed by atoms with E-state index in [1.807, 2.05) is 0 Å². The summed E-state index contributed by atoms with van der Waals surface area (Å²) in [6.45, 7) is 0. The Kier molecular flexibility index (Phi) is 5.35. The number of para-hydroxylation sites is 1. The summed E-state index contributed by atoms with van der Waals surface area (Å²) in [4.78, 5) is 5.34. The van der Waals surface area contributed by atoms with Gasteiger partial charge >= 0.3 is 0 Å². The zero-order valence-corrected chi connectivity index (χ0v) is 25.0. The molecule has 0 amide bonds. The van der Waals surface area contributed by atoms with Crippen molar-refractivity contribution in [2.45, 2.75) is 0 Å². The lowest BCUT2D eigenvalue weighted by Crippen LogP contribution is -1.93. The van der Waals surface area contributed by atoms with Crippen molar-refractivity contribution in [3.05, 3.63) is 164 Å². The van der Waals surface area contributed by atoms with Crippen molar-refractivity contribution in [3.8, 4) is 22.4 Å². The van der Waals surface area contributed by atoms with Crippen LogP contribution in [0.25, 0.3) is 97.9 Å². The fraction of sp³-hybridized carbons (Fsp3) is 0. The smallest absolute Gasteiger partial charge is 0.0794 e. The molecule has 0 aliphatic heterocycles. The maximum Gasteiger partial charge on any atom is 0.0794 e. The molecule has 1 aromatic heterocycles. The van der Waals surface area contributed by atoms with Crippen LogP contribution in [0.5, 0.6) is 0 Å². The molecule has 10 aromatic rings. The first-order valence-corrected chi connectivity index (χ1v) is 15.9. The Morgan fingerprint density at radius 3 is 1.24 bits per heavy atom. The van der Waals surface area contributed by atoms with Crippen molar-refractivity contribution in [2.75, 3.05) is 0 Å². The first-order chi connectivity index (χ1) is 22.8. The summed E-state index contributed by atoms with van der Waals surface area (Å²) in [6, 6.07) is 59.6. The van der Waals surface area contributed by atoms with Gasteiger partial charge in [-0.05, 0) is 77.1 Å². The Bertz CT molecular complexity index is 2810. The Hall–Kier alpha value is -6.05. The predicted octanol–water partition coefficient (Wildman–Crippen LogP) is 12.5. The van der Waals surface area contributed by atoms with Gasteiger partial charge in [0.2, 0.25) is 0 Å². The van der Waals surface area contributed by atoms with E-state index in [4.69, 9.17) is 4.98 Å². The van der Waals surface area contributed by atoms with Gasteiger partial charge in [0.1, 0.15) is 0 Å². The summed E-state index contributed by atoms with van der Waals surface area (Å²) >= 11 is 0. The van der Waals surface area contributed by atoms with Gasteiger partial charge in [-0.1, -0.05) is 152 Å². The van der Waals surface area contributed by atoms with Crippen LogP contribution in [0.15, 0.2) is 164 Å². The fourth-order valence-corrected chi connectivity index (χ4v) is 7.74. The number of rotatable bonds is 2. The molecule has 1 heteroatoms. The number of fused-ring (bicyclic) bond motifs is 14. The molecule has 1 nitrogen and oxygen atoms in total. The molecule has 212 valence electrons. The summed E-state index contributed by atoms with van der Waals surface area (Å²) < 4.78 is 0. The summed E-state index contributed by atoms with van der Waals surface area (Å²) in [5, 5.41) is 16.5. The summed E-state index contributed by atoms with van der Waals surface area (Å²) in [5.74, 6) is 0. The second-order valence-electron chi connectivity index (χ2n) is 12.2. The number of hydrogen-bond acceptors (Lipinski definition) is 1. The quantitative estimate of drug-likeness (QED) is 0.185. The lowest BCUT2D eigenvalue weighted by Gasteiger charge is -2.16. The molecule has 0 spiro atoms. The summed E-state index contributed by atoms with van der Waals surface area (Å²) in [6.07, 6.45) is 0. The van der Waals surface area contributed by atoms with Crippen LogP contribution in [-0.2, 0) is 0 Å². The number of hydrogen-bond donors (Lipinski definition) is 0. The topological polar surface area (TPSA) is 12.9 Å². The summed E-state index contributed by atoms with van der Waals surface area (Å²) in [5.41, 5.74) is 5.58. The van der Waals surface area contributed by atoms with Crippen LogP contribution in [-0.4, -0.2) is 4.98 Å². The minimum atomic E-state index is 1.02. The van der Waals surface area contributed by atoms with E-state index in [2.05, 4.69) is 164 Å². The van der Waals surface area contributed by atoms with Crippen LogP contribution in [0.4, 0.5) is 0 Å². The number of pyridine rings is 1. The van der Waals surface area contributed by atoms with Gasteiger partial charge in [-0.2, -0.15) is 0 Å². The minimum Gasteiger partial charge on any atom is -0.247 e. The molecule has 9 aromatic carbocycles. The number of benzene rings is 9. The Labute approximate surface area is 266 Å². The molecule has 0 N–H and O–H groups in total. The Morgan fingerprint density at radius 1 is 0.261 bits per heavy atom. The van der Waals surface area contributed by atoms with E-state index in [0.717, 1.165) is 16.8 Å². The second kappa shape index (κ2) is 9.72. The zero-order valence-electron chi connectivity index (χ0n) is 25.0. The molecule has 0 atom stereocenters. The van der Waals surface area contributed by atoms with E-state index in [-0.39, 0.29) is 0 Å². The highest BCUT2D eigenvalue weighted by molar-refractivity contribution is 6.33. The second-order valence-corrected chi connectivity index (χ2v) is 12.2. The maximum absolute atomic E-state index is 5.34. The van der Waals surface area contributed by atoms with Crippen molar-refractivity contribution in [3.63, 3.8) is 0 Å². The van der Waals surface area contributed by atoms with Crippen molar-refractivity contribution >= 4 is 75.5 Å². The van der Waals surface area contributed by atoms with Crippen molar-refractivity contribution in [1.82, 2.24) is 4.98 Å². The van der Waals surface area contributed by atoms with E-state index in [0.29, 0.717) is 0 Å². The minimum absolute atomic E-state index is 1.02. The van der Waals surface area contributed by atoms with E-state index in [1.54, 1.807) is 0 Å². The maximum atomic E-state index is 5.34. The SMILES string of the molecule is c1ccc2c(c1)nc(-c1ccc(-c3ccc4c5ccccc5c5ccccc5c4c3)cc1)c1c3ccccc3c3ccccc3c21. The molecule has 0 radical (unpaired) electrons. The van der Waals surface area contributed by atoms with Crippen molar-refractivity contribution < 1.29 is 0 Å². The predicted molar refractivity (Wildman–Crippen MR) is 198 cm³/mol. The van der Waals surface area contributed by atoms with E-state index < -0.39 is 0 Å². The molecule has 0 fully saturated rings. The van der Waals surface area contributed by atoms with Crippen LogP contribution in [0.1, 0.15) is 0 Å². The zero-order chi connectivity index (χ0) is 30.2. The highest BCUT2D eigenvalue weighted by Crippen LogP contribution is 2.43. The van der Waals surface area contributed by atoms with Crippen LogP contribution in [0, 0.1) is 0 Å². The Morgan fingerprint density at radius 2 is 0.652 bits per heavy atom. The van der Waals surface area contributed by atoms with Gasteiger partial charge in [0, 0.05) is 21.7 Å². The van der Waals surface area contributed by atoms with Crippen LogP contribution >= 0.6 is 0 Å². The van der Waals surface area contributed by atoms with Crippen molar-refractivity contribution in [2.24, 2.45) is 0 Å². The molecular formula is C45H27N. The molecule has 1 heterocycles. The largest absolute Gasteiger partial charge is 0.247 e. The van der Waals surface area contributed by atoms with Crippen LogP contribution in [0.2, 0.25) is 0 Å². The molecule has 46 heavy (non-hydrogen) atoms. The molecule has 0 saturated carbocycles. The van der Waals surface area contributed by atoms with Gasteiger partial charge in [-0.3, -0.25) is 0 Å². The van der Waals surface area contributed by atoms with Crippen molar-refractivity contribution in [1.29, 1.82) is 0 Å². The lowest BCUT2D eigenvalue weighted by atomic mass is 9.89. The molecule has 0 saturated heterocycles. The van der Waals surface area contributed by atoms with Gasteiger partial charge in [0.15, 0.2) is 0 Å². The normalized spacial score (nSPS) is 11.9. The van der Waals surface area contributed by atoms with E-state index >= 15 is 0 Å². The van der Waals surface area contributed by atoms with Crippen LogP contribution in [0.3, 0.4) is 0 Å². The first kappa shape index (κ1) is 25.3. The number of aromatic nitrogens is 1. The van der Waals surface area contributed by atoms with E-state index in [9.17, 15) is 0 Å². The summed E-state index contributed by atoms with van der Waals surface area (Å²) in [7, 11) is 0. The number of nitrogens with zero attached hydrogens (tertiary/aromatic N) is 1. The van der Waals surface area contributed by atoms with Gasteiger partial charge in [0.05, 0.1) is 11.2 Å². The van der Waals surface area contributed by atoms with Crippen LogP contribution < -0.4 is 0 Å². The molecule has 0 unspecified atom stereocenters. The first-order valence-electron chi connectivity index (χ1n) is 15.9. The third-order valence-corrected chi connectivity index (χ3v) is 9.81. The van der Waals surface area contributed by atoms with E-state index in [1.165, 1.54) is 81.1 Å². The molecule has 0 aliphatic carbocycles. The molecule has 0 aliphatic rings. The third-order valence-electron chi connectivity index (χ3n) is 9.81. The molecule has 0 bridgehead atoms.